The second-order valence-corrected chi connectivity index (χ2v) is 7.45. The molecule has 1 heterocycles. The van der Waals surface area contributed by atoms with E-state index < -0.39 is 41.7 Å². The zero-order chi connectivity index (χ0) is 24.7. The van der Waals surface area contributed by atoms with Gasteiger partial charge < -0.3 is 24.6 Å². The fourth-order valence-corrected chi connectivity index (χ4v) is 3.18. The summed E-state index contributed by atoms with van der Waals surface area (Å²) in [5, 5.41) is 12.6. The highest BCUT2D eigenvalue weighted by atomic mass is 19.1. The maximum Gasteiger partial charge on any atom is 0.328 e. The molecule has 2 N–H and O–H groups in total. The SMILES string of the molecule is COc1ccnc(C(=O)N[C@@H](C)C(=O)O[C@@H](C)[C@H](Oc2ccc(F)cc2)c2ccccc2)c1O. The van der Waals surface area contributed by atoms with Gasteiger partial charge in [0.1, 0.15) is 23.7 Å². The minimum atomic E-state index is -1.05. The molecule has 0 aliphatic rings. The third kappa shape index (κ3) is 6.00. The molecule has 0 saturated carbocycles. The second kappa shape index (κ2) is 11.1. The minimum Gasteiger partial charge on any atom is -0.503 e. The van der Waals surface area contributed by atoms with E-state index in [1.165, 1.54) is 50.6 Å². The van der Waals surface area contributed by atoms with E-state index in [-0.39, 0.29) is 11.4 Å². The fraction of sp³-hybridized carbons (Fsp3) is 0.240. The zero-order valence-electron chi connectivity index (χ0n) is 18.9. The molecule has 178 valence electrons. The van der Waals surface area contributed by atoms with Crippen molar-refractivity contribution in [1.82, 2.24) is 10.3 Å². The molecule has 3 rings (SSSR count). The molecule has 0 saturated heterocycles. The number of rotatable bonds is 9. The van der Waals surface area contributed by atoms with Crippen molar-refractivity contribution in [3.8, 4) is 17.2 Å². The number of methoxy groups -OCH3 is 1. The molecule has 0 radical (unpaired) electrons. The van der Waals surface area contributed by atoms with Gasteiger partial charge in [0.05, 0.1) is 7.11 Å². The van der Waals surface area contributed by atoms with Crippen molar-refractivity contribution in [1.29, 1.82) is 0 Å². The van der Waals surface area contributed by atoms with E-state index in [0.29, 0.717) is 5.75 Å². The first-order valence-electron chi connectivity index (χ1n) is 10.5. The normalized spacial score (nSPS) is 13.3. The van der Waals surface area contributed by atoms with Crippen LogP contribution in [0.1, 0.15) is 36.0 Å². The van der Waals surface area contributed by atoms with E-state index in [0.717, 1.165) is 5.56 Å². The van der Waals surface area contributed by atoms with E-state index in [1.807, 2.05) is 30.3 Å². The van der Waals surface area contributed by atoms with Crippen LogP contribution in [0.3, 0.4) is 0 Å². The van der Waals surface area contributed by atoms with Crippen LogP contribution in [0.25, 0.3) is 0 Å². The van der Waals surface area contributed by atoms with Crippen molar-refractivity contribution >= 4 is 11.9 Å². The number of esters is 1. The van der Waals surface area contributed by atoms with Gasteiger partial charge in [-0.3, -0.25) is 4.79 Å². The van der Waals surface area contributed by atoms with Crippen LogP contribution in [0.2, 0.25) is 0 Å². The minimum absolute atomic E-state index is 0.0765. The van der Waals surface area contributed by atoms with Gasteiger partial charge in [-0.25, -0.2) is 14.2 Å². The third-order valence-corrected chi connectivity index (χ3v) is 4.96. The summed E-state index contributed by atoms with van der Waals surface area (Å²) in [5.41, 5.74) is 0.461. The molecule has 0 spiro atoms. The van der Waals surface area contributed by atoms with Crippen molar-refractivity contribution in [2.24, 2.45) is 0 Å². The number of aromatic nitrogens is 1. The lowest BCUT2D eigenvalue weighted by Gasteiger charge is -2.27. The number of halogens is 1. The smallest absolute Gasteiger partial charge is 0.328 e. The molecule has 0 bridgehead atoms. The van der Waals surface area contributed by atoms with Gasteiger partial charge in [0.15, 0.2) is 23.3 Å². The molecule has 3 aromatic rings. The number of benzene rings is 2. The van der Waals surface area contributed by atoms with Crippen LogP contribution in [0.5, 0.6) is 17.2 Å². The van der Waals surface area contributed by atoms with Crippen LogP contribution in [0, 0.1) is 5.82 Å². The average molecular weight is 468 g/mol. The van der Waals surface area contributed by atoms with Gasteiger partial charge in [0.25, 0.3) is 5.91 Å². The van der Waals surface area contributed by atoms with E-state index in [2.05, 4.69) is 10.3 Å². The summed E-state index contributed by atoms with van der Waals surface area (Å²) in [5.74, 6) is -1.84. The Labute approximate surface area is 196 Å². The first-order chi connectivity index (χ1) is 16.3. The van der Waals surface area contributed by atoms with Crippen LogP contribution in [-0.4, -0.2) is 41.2 Å². The third-order valence-electron chi connectivity index (χ3n) is 4.96. The predicted octanol–water partition coefficient (Wildman–Crippen LogP) is 3.81. The number of pyridine rings is 1. The summed E-state index contributed by atoms with van der Waals surface area (Å²) in [7, 11) is 1.34. The Morgan fingerprint density at radius 2 is 1.71 bits per heavy atom. The molecular weight excluding hydrogens is 443 g/mol. The Morgan fingerprint density at radius 3 is 2.35 bits per heavy atom. The zero-order valence-corrected chi connectivity index (χ0v) is 18.9. The number of hydrogen-bond acceptors (Lipinski definition) is 7. The van der Waals surface area contributed by atoms with Crippen LogP contribution in [0.15, 0.2) is 66.9 Å². The highest BCUT2D eigenvalue weighted by Crippen LogP contribution is 2.28. The Balaban J connectivity index is 1.70. The van der Waals surface area contributed by atoms with Gasteiger partial charge in [0.2, 0.25) is 0 Å². The number of amides is 1. The predicted molar refractivity (Wildman–Crippen MR) is 121 cm³/mol. The molecule has 0 aliphatic carbocycles. The molecule has 0 aliphatic heterocycles. The van der Waals surface area contributed by atoms with Gasteiger partial charge in [-0.05, 0) is 43.7 Å². The van der Waals surface area contributed by atoms with E-state index >= 15 is 0 Å². The van der Waals surface area contributed by atoms with Crippen LogP contribution < -0.4 is 14.8 Å². The number of aromatic hydroxyl groups is 1. The Morgan fingerprint density at radius 1 is 1.03 bits per heavy atom. The number of nitrogens with one attached hydrogen (secondary N) is 1. The number of ether oxygens (including phenoxy) is 3. The summed E-state index contributed by atoms with van der Waals surface area (Å²) in [4.78, 5) is 29.1. The van der Waals surface area contributed by atoms with Crippen LogP contribution in [-0.2, 0) is 9.53 Å². The fourth-order valence-electron chi connectivity index (χ4n) is 3.18. The number of hydrogen-bond donors (Lipinski definition) is 2. The largest absolute Gasteiger partial charge is 0.503 e. The molecule has 34 heavy (non-hydrogen) atoms. The van der Waals surface area contributed by atoms with E-state index in [9.17, 15) is 19.1 Å². The first kappa shape index (κ1) is 24.5. The van der Waals surface area contributed by atoms with Gasteiger partial charge >= 0.3 is 5.97 Å². The number of nitrogens with zero attached hydrogens (tertiary/aromatic N) is 1. The summed E-state index contributed by atoms with van der Waals surface area (Å²) in [6.07, 6.45) is -0.152. The van der Waals surface area contributed by atoms with Crippen molar-refractivity contribution < 1.29 is 33.3 Å². The molecule has 3 atom stereocenters. The van der Waals surface area contributed by atoms with Crippen molar-refractivity contribution in [3.05, 3.63) is 83.9 Å². The van der Waals surface area contributed by atoms with Gasteiger partial charge in [-0.1, -0.05) is 30.3 Å². The van der Waals surface area contributed by atoms with Gasteiger partial charge in [-0.15, -0.1) is 0 Å². The average Bonchev–Trinajstić information content (AvgIpc) is 2.84. The van der Waals surface area contributed by atoms with E-state index in [4.69, 9.17) is 14.2 Å². The van der Waals surface area contributed by atoms with Crippen LogP contribution in [0.4, 0.5) is 4.39 Å². The summed E-state index contributed by atoms with van der Waals surface area (Å²) >= 11 is 0. The molecule has 1 aromatic heterocycles. The second-order valence-electron chi connectivity index (χ2n) is 7.45. The lowest BCUT2D eigenvalue weighted by atomic mass is 10.0. The van der Waals surface area contributed by atoms with Gasteiger partial charge in [0, 0.05) is 12.3 Å². The van der Waals surface area contributed by atoms with Crippen LogP contribution >= 0.6 is 0 Å². The highest BCUT2D eigenvalue weighted by Gasteiger charge is 2.28. The highest BCUT2D eigenvalue weighted by molar-refractivity contribution is 5.97. The molecule has 8 nitrogen and oxygen atoms in total. The molecule has 0 unspecified atom stereocenters. The lowest BCUT2D eigenvalue weighted by molar-refractivity contribution is -0.154. The van der Waals surface area contributed by atoms with Crippen molar-refractivity contribution in [2.45, 2.75) is 32.1 Å². The summed E-state index contributed by atoms with van der Waals surface area (Å²) < 4.78 is 29.8. The molecule has 0 fully saturated rings. The molecule has 2 aromatic carbocycles. The maximum absolute atomic E-state index is 13.3. The quantitative estimate of drug-likeness (QED) is 0.460. The number of carbonyl (C=O) groups excluding carboxylic acids is 2. The number of carbonyl (C=O) groups is 2. The monoisotopic (exact) mass is 468 g/mol. The summed E-state index contributed by atoms with van der Waals surface area (Å²) in [6, 6.07) is 15.0. The van der Waals surface area contributed by atoms with Crippen molar-refractivity contribution in [2.75, 3.05) is 7.11 Å². The summed E-state index contributed by atoms with van der Waals surface area (Å²) in [6.45, 7) is 3.10. The molecule has 9 heteroatoms. The Bertz CT molecular complexity index is 1120. The van der Waals surface area contributed by atoms with Gasteiger partial charge in [-0.2, -0.15) is 0 Å². The topological polar surface area (TPSA) is 107 Å². The Kier molecular flexibility index (Phi) is 8.02. The standard InChI is InChI=1S/C25H25FN2O6/c1-15(28-24(30)21-22(29)20(32-3)13-14-27-21)25(31)33-16(2)23(17-7-5-4-6-8-17)34-19-11-9-18(26)10-12-19/h4-16,23,29H,1-3H3,(H,28,30)/t15-,16-,23-/m0/s1. The van der Waals surface area contributed by atoms with Crippen molar-refractivity contribution in [3.63, 3.8) is 0 Å². The lowest BCUT2D eigenvalue weighted by Crippen LogP contribution is -2.42. The maximum atomic E-state index is 13.3. The Hall–Kier alpha value is -4.14. The first-order valence-corrected chi connectivity index (χ1v) is 10.5. The van der Waals surface area contributed by atoms with E-state index in [1.54, 1.807) is 6.92 Å². The molecule has 1 amide bonds. The molecular formula is C25H25FN2O6.